The molecule has 9 heteroatoms. The molecule has 0 aromatic heterocycles. The number of carbonyl (C=O) groups is 1. The van der Waals surface area contributed by atoms with E-state index in [1.165, 1.54) is 43.3 Å². The van der Waals surface area contributed by atoms with E-state index in [2.05, 4.69) is 10.6 Å². The summed E-state index contributed by atoms with van der Waals surface area (Å²) in [4.78, 5) is 23.0. The molecule has 0 amide bonds. The second kappa shape index (κ2) is 7.42. The summed E-state index contributed by atoms with van der Waals surface area (Å²) in [7, 11) is 0. The van der Waals surface area contributed by atoms with Crippen LogP contribution in [-0.4, -0.2) is 15.8 Å². The van der Waals surface area contributed by atoms with Gasteiger partial charge in [-0.3, -0.25) is 14.9 Å². The van der Waals surface area contributed by atoms with Gasteiger partial charge in [0.1, 0.15) is 10.8 Å². The zero-order chi connectivity index (χ0) is 19.7. The Kier molecular flexibility index (Phi) is 5.20. The van der Waals surface area contributed by atoms with Crippen LogP contribution in [0.1, 0.15) is 24.1 Å². The van der Waals surface area contributed by atoms with E-state index < -0.39 is 16.8 Å². The van der Waals surface area contributed by atoms with Crippen LogP contribution in [0.15, 0.2) is 48.0 Å². The zero-order valence-corrected chi connectivity index (χ0v) is 15.5. The molecule has 6 nitrogen and oxygen atoms in total. The maximum absolute atomic E-state index is 13.3. The molecule has 1 atom stereocenters. The number of nitrogens with one attached hydrogen (secondary N) is 2. The Balaban J connectivity index is 2.19. The number of nitrogens with zero attached hydrogens (tertiary/aromatic N) is 1. The van der Waals surface area contributed by atoms with Crippen molar-refractivity contribution in [1.29, 1.82) is 0 Å². The number of halogens is 2. The molecule has 2 N–H and O–H groups in total. The van der Waals surface area contributed by atoms with Gasteiger partial charge in [0.15, 0.2) is 10.9 Å². The van der Waals surface area contributed by atoms with Crippen LogP contribution in [0, 0.1) is 15.9 Å². The van der Waals surface area contributed by atoms with Crippen molar-refractivity contribution < 1.29 is 14.1 Å². The molecule has 138 valence electrons. The monoisotopic (exact) mass is 405 g/mol. The highest BCUT2D eigenvalue weighted by molar-refractivity contribution is 7.80. The van der Waals surface area contributed by atoms with Crippen LogP contribution in [-0.2, 0) is 4.79 Å². The summed E-state index contributed by atoms with van der Waals surface area (Å²) >= 11 is 11.1. The number of benzene rings is 2. The first-order valence-corrected chi connectivity index (χ1v) is 8.59. The number of hydrogen-bond acceptors (Lipinski definition) is 4. The average molecular weight is 406 g/mol. The van der Waals surface area contributed by atoms with Gasteiger partial charge < -0.3 is 10.6 Å². The van der Waals surface area contributed by atoms with Crippen molar-refractivity contribution in [2.24, 2.45) is 0 Å². The number of hydrogen-bond donors (Lipinski definition) is 2. The van der Waals surface area contributed by atoms with Gasteiger partial charge in [-0.05, 0) is 60.6 Å². The summed E-state index contributed by atoms with van der Waals surface area (Å²) in [5.41, 5.74) is 1.51. The number of ketones is 1. The predicted octanol–water partition coefficient (Wildman–Crippen LogP) is 3.91. The molecule has 0 saturated heterocycles. The van der Waals surface area contributed by atoms with Gasteiger partial charge in [0.05, 0.1) is 16.7 Å². The molecule has 0 bridgehead atoms. The number of nitro benzene ring substituents is 1. The van der Waals surface area contributed by atoms with E-state index in [0.29, 0.717) is 22.4 Å². The largest absolute Gasteiger partial charge is 0.351 e. The van der Waals surface area contributed by atoms with Crippen LogP contribution < -0.4 is 10.6 Å². The lowest BCUT2D eigenvalue weighted by Crippen LogP contribution is -2.44. The third-order valence-electron chi connectivity index (χ3n) is 4.08. The summed E-state index contributed by atoms with van der Waals surface area (Å²) in [6.45, 7) is 1.38. The van der Waals surface area contributed by atoms with Gasteiger partial charge in [0.25, 0.3) is 5.69 Å². The number of thiocarbonyl (C=S) groups is 1. The van der Waals surface area contributed by atoms with Crippen LogP contribution in [0.3, 0.4) is 0 Å². The van der Waals surface area contributed by atoms with Crippen molar-refractivity contribution in [3.63, 3.8) is 0 Å². The van der Waals surface area contributed by atoms with Crippen molar-refractivity contribution in [2.75, 3.05) is 0 Å². The van der Waals surface area contributed by atoms with Crippen molar-refractivity contribution >= 4 is 46.1 Å². The second-order valence-electron chi connectivity index (χ2n) is 5.85. The van der Waals surface area contributed by atoms with Crippen LogP contribution in [0.4, 0.5) is 10.1 Å². The summed E-state index contributed by atoms with van der Waals surface area (Å²) < 4.78 is 13.3. The van der Waals surface area contributed by atoms with Crippen LogP contribution >= 0.6 is 23.8 Å². The molecule has 1 aliphatic rings. The van der Waals surface area contributed by atoms with E-state index in [1.807, 2.05) is 0 Å². The Morgan fingerprint density at radius 3 is 2.52 bits per heavy atom. The molecule has 0 radical (unpaired) electrons. The van der Waals surface area contributed by atoms with Gasteiger partial charge in [-0.2, -0.15) is 0 Å². The third-order valence-corrected chi connectivity index (χ3v) is 4.62. The molecule has 0 fully saturated rings. The number of rotatable bonds is 4. The van der Waals surface area contributed by atoms with Crippen molar-refractivity contribution in [1.82, 2.24) is 10.6 Å². The highest BCUT2D eigenvalue weighted by Crippen LogP contribution is 2.35. The van der Waals surface area contributed by atoms with Crippen LogP contribution in [0.5, 0.6) is 0 Å². The van der Waals surface area contributed by atoms with E-state index in [0.717, 1.165) is 0 Å². The fourth-order valence-electron chi connectivity index (χ4n) is 2.89. The predicted molar refractivity (Wildman–Crippen MR) is 104 cm³/mol. The fraction of sp³-hybridized carbons (Fsp3) is 0.111. The summed E-state index contributed by atoms with van der Waals surface area (Å²) in [6.07, 6.45) is 0. The molecule has 2 aromatic carbocycles. The molecule has 1 aliphatic heterocycles. The minimum absolute atomic E-state index is 0.00706. The van der Waals surface area contributed by atoms with E-state index >= 15 is 0 Å². The van der Waals surface area contributed by atoms with Gasteiger partial charge in [-0.25, -0.2) is 4.39 Å². The average Bonchev–Trinajstić information content (AvgIpc) is 2.61. The van der Waals surface area contributed by atoms with Crippen molar-refractivity contribution in [2.45, 2.75) is 13.0 Å². The minimum Gasteiger partial charge on any atom is -0.351 e. The van der Waals surface area contributed by atoms with Gasteiger partial charge in [0, 0.05) is 11.6 Å². The molecule has 0 unspecified atom stereocenters. The van der Waals surface area contributed by atoms with Crippen molar-refractivity contribution in [3.05, 3.63) is 80.1 Å². The Hall–Kier alpha value is -2.84. The van der Waals surface area contributed by atoms with Gasteiger partial charge >= 0.3 is 0 Å². The SMILES string of the molecule is CC(=O)C1=C(c2ccc(F)cc2)NC(=S)N[C@@H]1c1ccc(Cl)c([N+](=O)[O-])c1. The maximum atomic E-state index is 13.3. The molecule has 3 rings (SSSR count). The van der Waals surface area contributed by atoms with Crippen molar-refractivity contribution in [3.8, 4) is 0 Å². The van der Waals surface area contributed by atoms with Gasteiger partial charge in [-0.1, -0.05) is 17.7 Å². The van der Waals surface area contributed by atoms with Crippen LogP contribution in [0.2, 0.25) is 5.02 Å². The Bertz CT molecular complexity index is 992. The topological polar surface area (TPSA) is 84.3 Å². The van der Waals surface area contributed by atoms with Gasteiger partial charge in [0.2, 0.25) is 0 Å². The highest BCUT2D eigenvalue weighted by atomic mass is 35.5. The summed E-state index contributed by atoms with van der Waals surface area (Å²) in [5, 5.41) is 17.3. The summed E-state index contributed by atoms with van der Waals surface area (Å²) in [6, 6.07) is 9.17. The molecular formula is C18H13ClFN3O3S. The maximum Gasteiger partial charge on any atom is 0.288 e. The lowest BCUT2D eigenvalue weighted by Gasteiger charge is -2.31. The quantitative estimate of drug-likeness (QED) is 0.456. The molecule has 0 spiro atoms. The smallest absolute Gasteiger partial charge is 0.288 e. The Labute approximate surface area is 164 Å². The second-order valence-corrected chi connectivity index (χ2v) is 6.67. The Morgan fingerprint density at radius 1 is 1.26 bits per heavy atom. The van der Waals surface area contributed by atoms with E-state index in [-0.39, 0.29) is 21.6 Å². The van der Waals surface area contributed by atoms with E-state index in [1.54, 1.807) is 6.07 Å². The minimum atomic E-state index is -0.715. The standard InChI is InChI=1S/C18H13ClFN3O3S/c1-9(24)15-16(10-2-5-12(20)6-3-10)21-18(27)22-17(15)11-4-7-13(19)14(8-11)23(25)26/h2-8,17H,1H3,(H2,21,22,27)/t17-/m1/s1. The highest BCUT2D eigenvalue weighted by Gasteiger charge is 2.31. The van der Waals surface area contributed by atoms with Crippen LogP contribution in [0.25, 0.3) is 5.70 Å². The molecule has 2 aromatic rings. The zero-order valence-electron chi connectivity index (χ0n) is 14.0. The first-order chi connectivity index (χ1) is 12.8. The summed E-state index contributed by atoms with van der Waals surface area (Å²) in [5.74, 6) is -0.676. The van der Waals surface area contributed by atoms with Gasteiger partial charge in [-0.15, -0.1) is 0 Å². The molecule has 0 aliphatic carbocycles. The van der Waals surface area contributed by atoms with E-state index in [9.17, 15) is 19.3 Å². The number of nitro groups is 1. The fourth-order valence-corrected chi connectivity index (χ4v) is 3.29. The molecule has 0 saturated carbocycles. The lowest BCUT2D eigenvalue weighted by molar-refractivity contribution is -0.384. The molecule has 27 heavy (non-hydrogen) atoms. The molecule has 1 heterocycles. The van der Waals surface area contributed by atoms with E-state index in [4.69, 9.17) is 23.8 Å². The normalized spacial score (nSPS) is 16.6. The Morgan fingerprint density at radius 2 is 1.93 bits per heavy atom. The molecular weight excluding hydrogens is 393 g/mol. The number of Topliss-reactive ketones (excluding diaryl/α,β-unsaturated/α-hetero) is 1. The number of carbonyl (C=O) groups excluding carboxylic acids is 1. The first-order valence-electron chi connectivity index (χ1n) is 7.80. The third kappa shape index (κ3) is 3.81. The lowest BCUT2D eigenvalue weighted by atomic mass is 9.90. The first kappa shape index (κ1) is 18.9.